The minimum absolute atomic E-state index is 0.0547. The van der Waals surface area contributed by atoms with Crippen molar-refractivity contribution in [2.45, 2.75) is 20.4 Å². The lowest BCUT2D eigenvalue weighted by atomic mass is 10.1. The van der Waals surface area contributed by atoms with Gasteiger partial charge in [0.2, 0.25) is 0 Å². The first-order valence-electron chi connectivity index (χ1n) is 6.18. The van der Waals surface area contributed by atoms with Gasteiger partial charge in [-0.1, -0.05) is 11.6 Å². The Labute approximate surface area is 125 Å². The number of nitrogens with one attached hydrogen (secondary N) is 1. The maximum absolute atomic E-state index is 13.2. The summed E-state index contributed by atoms with van der Waals surface area (Å²) in [5, 5.41) is 14.3. The number of rotatable bonds is 4. The summed E-state index contributed by atoms with van der Waals surface area (Å²) in [7, 11) is 0. The molecule has 1 aromatic heterocycles. The van der Waals surface area contributed by atoms with Gasteiger partial charge < -0.3 is 5.32 Å². The van der Waals surface area contributed by atoms with E-state index in [2.05, 4.69) is 10.3 Å². The van der Waals surface area contributed by atoms with Gasteiger partial charge in [0.25, 0.3) is 5.69 Å². The second kappa shape index (κ2) is 6.05. The van der Waals surface area contributed by atoms with E-state index in [1.807, 2.05) is 0 Å². The lowest BCUT2D eigenvalue weighted by Gasteiger charge is -2.10. The normalized spacial score (nSPS) is 10.5. The summed E-state index contributed by atoms with van der Waals surface area (Å²) in [5.74, 6) is -0.454. The molecule has 0 radical (unpaired) electrons. The summed E-state index contributed by atoms with van der Waals surface area (Å²) in [6.45, 7) is 3.53. The Morgan fingerprint density at radius 2 is 2.10 bits per heavy atom. The van der Waals surface area contributed by atoms with Crippen LogP contribution in [0.15, 0.2) is 24.4 Å². The number of nitrogens with zero attached hydrogens (tertiary/aromatic N) is 2. The summed E-state index contributed by atoms with van der Waals surface area (Å²) in [6.07, 6.45) is 1.46. The van der Waals surface area contributed by atoms with E-state index in [1.54, 1.807) is 19.9 Å². The van der Waals surface area contributed by atoms with Gasteiger partial charge >= 0.3 is 0 Å². The Hall–Kier alpha value is -2.21. The van der Waals surface area contributed by atoms with Gasteiger partial charge in [-0.25, -0.2) is 4.39 Å². The van der Waals surface area contributed by atoms with Crippen LogP contribution in [-0.4, -0.2) is 9.91 Å². The minimum atomic E-state index is -0.454. The molecule has 0 saturated carbocycles. The van der Waals surface area contributed by atoms with E-state index in [0.717, 1.165) is 0 Å². The Morgan fingerprint density at radius 3 is 2.71 bits per heavy atom. The monoisotopic (exact) mass is 309 g/mol. The molecule has 0 atom stereocenters. The van der Waals surface area contributed by atoms with E-state index in [0.29, 0.717) is 22.5 Å². The van der Waals surface area contributed by atoms with Gasteiger partial charge in [-0.3, -0.25) is 15.1 Å². The molecule has 0 aliphatic rings. The third-order valence-electron chi connectivity index (χ3n) is 3.08. The highest BCUT2D eigenvalue weighted by Crippen LogP contribution is 2.25. The number of pyridine rings is 1. The van der Waals surface area contributed by atoms with Crippen molar-refractivity contribution in [2.24, 2.45) is 0 Å². The molecule has 0 bridgehead atoms. The van der Waals surface area contributed by atoms with Crippen LogP contribution in [0.4, 0.5) is 15.8 Å². The van der Waals surface area contributed by atoms with Gasteiger partial charge in [0.1, 0.15) is 5.82 Å². The number of hydrogen-bond donors (Lipinski definition) is 1. The van der Waals surface area contributed by atoms with Crippen molar-refractivity contribution >= 4 is 23.0 Å². The van der Waals surface area contributed by atoms with E-state index < -0.39 is 10.7 Å². The second-order valence-electron chi connectivity index (χ2n) is 4.63. The van der Waals surface area contributed by atoms with E-state index in [9.17, 15) is 14.5 Å². The fourth-order valence-corrected chi connectivity index (χ4v) is 2.29. The average Bonchev–Trinajstić information content (AvgIpc) is 2.36. The molecule has 7 heteroatoms. The number of anilines is 1. The van der Waals surface area contributed by atoms with E-state index >= 15 is 0 Å². The molecule has 0 spiro atoms. The summed E-state index contributed by atoms with van der Waals surface area (Å²) >= 11 is 5.77. The number of aryl methyl sites for hydroxylation is 1. The topological polar surface area (TPSA) is 68.1 Å². The molecule has 21 heavy (non-hydrogen) atoms. The van der Waals surface area contributed by atoms with Gasteiger partial charge in [-0.2, -0.15) is 0 Å². The molecule has 0 aliphatic heterocycles. The molecular formula is C14H13ClFN3O2. The highest BCUT2D eigenvalue weighted by Gasteiger charge is 2.18. The molecule has 1 N–H and O–H groups in total. The SMILES string of the molecule is Cc1cnc(CNc2cc(F)cc(Cl)c2)c(C)c1[N+](=O)[O-]. The predicted molar refractivity (Wildman–Crippen MR) is 79.1 cm³/mol. The highest BCUT2D eigenvalue weighted by atomic mass is 35.5. The number of halogens is 2. The van der Waals surface area contributed by atoms with Crippen molar-refractivity contribution in [3.05, 3.63) is 62.2 Å². The number of benzene rings is 1. The van der Waals surface area contributed by atoms with Crippen molar-refractivity contribution in [2.75, 3.05) is 5.32 Å². The summed E-state index contributed by atoms with van der Waals surface area (Å²) in [4.78, 5) is 14.8. The Kier molecular flexibility index (Phi) is 4.37. The van der Waals surface area contributed by atoms with Crippen molar-refractivity contribution in [3.8, 4) is 0 Å². The lowest BCUT2D eigenvalue weighted by Crippen LogP contribution is -2.07. The smallest absolute Gasteiger partial charge is 0.278 e. The second-order valence-corrected chi connectivity index (χ2v) is 5.07. The van der Waals surface area contributed by atoms with E-state index in [1.165, 1.54) is 18.3 Å². The number of hydrogen-bond acceptors (Lipinski definition) is 4. The fraction of sp³-hybridized carbons (Fsp3) is 0.214. The van der Waals surface area contributed by atoms with Crippen LogP contribution in [0.25, 0.3) is 0 Å². The molecule has 1 heterocycles. The van der Waals surface area contributed by atoms with E-state index in [4.69, 9.17) is 11.6 Å². The molecule has 0 saturated heterocycles. The third kappa shape index (κ3) is 3.46. The molecule has 0 aliphatic carbocycles. The minimum Gasteiger partial charge on any atom is -0.379 e. The van der Waals surface area contributed by atoms with Crippen LogP contribution in [0.5, 0.6) is 0 Å². The molecule has 110 valence electrons. The first kappa shape index (κ1) is 15.2. The first-order valence-corrected chi connectivity index (χ1v) is 6.55. The van der Waals surface area contributed by atoms with Gasteiger partial charge in [-0.15, -0.1) is 0 Å². The molecule has 0 unspecified atom stereocenters. The quantitative estimate of drug-likeness (QED) is 0.684. The summed E-state index contributed by atoms with van der Waals surface area (Å²) < 4.78 is 13.2. The standard InChI is InChI=1S/C14H13ClFN3O2/c1-8-6-18-13(9(2)14(8)19(20)21)7-17-12-4-10(15)3-11(16)5-12/h3-6,17H,7H2,1-2H3. The third-order valence-corrected chi connectivity index (χ3v) is 3.30. The van der Waals surface area contributed by atoms with Gasteiger partial charge in [0.15, 0.2) is 0 Å². The predicted octanol–water partition coefficient (Wildman–Crippen LogP) is 4.01. The lowest BCUT2D eigenvalue weighted by molar-refractivity contribution is -0.386. The van der Waals surface area contributed by atoms with E-state index in [-0.39, 0.29) is 17.3 Å². The number of aromatic nitrogens is 1. The molecule has 0 amide bonds. The summed E-state index contributed by atoms with van der Waals surface area (Å²) in [6, 6.07) is 4.07. The molecule has 0 fully saturated rings. The average molecular weight is 310 g/mol. The zero-order chi connectivity index (χ0) is 15.6. The van der Waals surface area contributed by atoms with Gasteiger partial charge in [0.05, 0.1) is 22.7 Å². The van der Waals surface area contributed by atoms with Crippen LogP contribution >= 0.6 is 11.6 Å². The van der Waals surface area contributed by atoms with Crippen molar-refractivity contribution < 1.29 is 9.31 Å². The Balaban J connectivity index is 2.24. The fourth-order valence-electron chi connectivity index (χ4n) is 2.07. The van der Waals surface area contributed by atoms with Crippen LogP contribution in [0.1, 0.15) is 16.8 Å². The molecule has 2 rings (SSSR count). The van der Waals surface area contributed by atoms with Gasteiger partial charge in [0, 0.05) is 22.5 Å². The van der Waals surface area contributed by atoms with Crippen LogP contribution in [0.2, 0.25) is 5.02 Å². The van der Waals surface area contributed by atoms with Crippen molar-refractivity contribution in [1.29, 1.82) is 0 Å². The molecule has 1 aromatic carbocycles. The zero-order valence-corrected chi connectivity index (χ0v) is 12.2. The zero-order valence-electron chi connectivity index (χ0n) is 11.5. The summed E-state index contributed by atoms with van der Waals surface area (Å²) in [5.41, 5.74) is 2.08. The molecule has 2 aromatic rings. The van der Waals surface area contributed by atoms with Crippen molar-refractivity contribution in [3.63, 3.8) is 0 Å². The maximum Gasteiger partial charge on any atom is 0.278 e. The van der Waals surface area contributed by atoms with Crippen LogP contribution in [-0.2, 0) is 6.54 Å². The van der Waals surface area contributed by atoms with Crippen LogP contribution in [0.3, 0.4) is 0 Å². The Bertz CT molecular complexity index is 687. The highest BCUT2D eigenvalue weighted by molar-refractivity contribution is 6.30. The van der Waals surface area contributed by atoms with Gasteiger partial charge in [-0.05, 0) is 32.0 Å². The first-order chi connectivity index (χ1) is 9.88. The Morgan fingerprint density at radius 1 is 1.38 bits per heavy atom. The van der Waals surface area contributed by atoms with Crippen LogP contribution < -0.4 is 5.32 Å². The maximum atomic E-state index is 13.2. The molecule has 5 nitrogen and oxygen atoms in total. The largest absolute Gasteiger partial charge is 0.379 e. The molecular weight excluding hydrogens is 297 g/mol. The van der Waals surface area contributed by atoms with Crippen LogP contribution in [0, 0.1) is 29.8 Å². The van der Waals surface area contributed by atoms with Crippen molar-refractivity contribution in [1.82, 2.24) is 4.98 Å². The number of nitro groups is 1.